The highest BCUT2D eigenvalue weighted by Gasteiger charge is 2.46. The fraction of sp³-hybridized carbons (Fsp3) is 0.588. The normalized spacial score (nSPS) is 21.3. The van der Waals surface area contributed by atoms with E-state index in [1.54, 1.807) is 0 Å². The highest BCUT2D eigenvalue weighted by molar-refractivity contribution is 5.82. The van der Waals surface area contributed by atoms with Gasteiger partial charge in [0.1, 0.15) is 11.6 Å². The number of carbonyl (C=O) groups is 1. The van der Waals surface area contributed by atoms with Crippen LogP contribution in [0.1, 0.15) is 31.7 Å². The number of rotatable bonds is 8. The van der Waals surface area contributed by atoms with Gasteiger partial charge in [0.2, 0.25) is 5.91 Å². The Kier molecular flexibility index (Phi) is 6.07. The van der Waals surface area contributed by atoms with Crippen molar-refractivity contribution in [1.82, 2.24) is 5.32 Å². The number of aliphatic hydroxyl groups is 1. The molecule has 1 aromatic carbocycles. The zero-order chi connectivity index (χ0) is 17.0. The lowest BCUT2D eigenvalue weighted by Gasteiger charge is -2.13. The summed E-state index contributed by atoms with van der Waals surface area (Å²) in [6.45, 7) is 4.77. The van der Waals surface area contributed by atoms with Gasteiger partial charge < -0.3 is 15.2 Å². The first-order valence-corrected chi connectivity index (χ1v) is 7.87. The molecule has 0 bridgehead atoms. The van der Waals surface area contributed by atoms with Crippen molar-refractivity contribution in [3.63, 3.8) is 0 Å². The second-order valence-corrected chi connectivity index (χ2v) is 6.41. The Bertz CT molecular complexity index is 530. The molecule has 1 saturated carbocycles. The average molecular weight is 327 g/mol. The van der Waals surface area contributed by atoms with E-state index >= 15 is 0 Å². The van der Waals surface area contributed by atoms with E-state index in [4.69, 9.17) is 4.74 Å². The molecule has 0 saturated heterocycles. The molecule has 2 rings (SSSR count). The van der Waals surface area contributed by atoms with E-state index in [9.17, 15) is 18.7 Å². The SMILES string of the molecule is CC(C)COC[C@H](O)CNC(=O)[C@@H]1C[C@H]1c1c(F)cccc1F. The number of nitrogens with one attached hydrogen (secondary N) is 1. The quantitative estimate of drug-likeness (QED) is 0.770. The average Bonchev–Trinajstić information content (AvgIpc) is 3.24. The van der Waals surface area contributed by atoms with Gasteiger partial charge in [-0.05, 0) is 24.5 Å². The summed E-state index contributed by atoms with van der Waals surface area (Å²) in [5.74, 6) is -2.02. The first kappa shape index (κ1) is 17.8. The number of hydrogen-bond donors (Lipinski definition) is 2. The maximum absolute atomic E-state index is 13.7. The zero-order valence-corrected chi connectivity index (χ0v) is 13.4. The van der Waals surface area contributed by atoms with Crippen LogP contribution in [0.15, 0.2) is 18.2 Å². The van der Waals surface area contributed by atoms with Gasteiger partial charge in [0, 0.05) is 30.6 Å². The number of amides is 1. The summed E-state index contributed by atoms with van der Waals surface area (Å²) >= 11 is 0. The lowest BCUT2D eigenvalue weighted by molar-refractivity contribution is -0.123. The van der Waals surface area contributed by atoms with E-state index in [0.29, 0.717) is 18.9 Å². The Morgan fingerprint density at radius 1 is 1.35 bits per heavy atom. The van der Waals surface area contributed by atoms with Crippen LogP contribution in [0.2, 0.25) is 0 Å². The Morgan fingerprint density at radius 2 is 2.00 bits per heavy atom. The van der Waals surface area contributed by atoms with Crippen LogP contribution in [-0.2, 0) is 9.53 Å². The molecule has 3 atom stereocenters. The van der Waals surface area contributed by atoms with E-state index in [2.05, 4.69) is 5.32 Å². The van der Waals surface area contributed by atoms with Gasteiger partial charge in [0.05, 0.1) is 12.7 Å². The lowest BCUT2D eigenvalue weighted by Crippen LogP contribution is -2.35. The zero-order valence-electron chi connectivity index (χ0n) is 13.4. The predicted octanol–water partition coefficient (Wildman–Crippen LogP) is 2.22. The van der Waals surface area contributed by atoms with Crippen LogP contribution >= 0.6 is 0 Å². The molecule has 0 heterocycles. The summed E-state index contributed by atoms with van der Waals surface area (Å²) in [7, 11) is 0. The molecule has 0 aliphatic heterocycles. The molecule has 1 aliphatic carbocycles. The minimum absolute atomic E-state index is 0.0199. The Hall–Kier alpha value is -1.53. The van der Waals surface area contributed by atoms with Gasteiger partial charge in [-0.25, -0.2) is 8.78 Å². The second-order valence-electron chi connectivity index (χ2n) is 6.41. The summed E-state index contributed by atoms with van der Waals surface area (Å²) < 4.78 is 32.6. The summed E-state index contributed by atoms with van der Waals surface area (Å²) in [6.07, 6.45) is -0.371. The molecule has 6 heteroatoms. The molecule has 1 fully saturated rings. The molecule has 4 nitrogen and oxygen atoms in total. The van der Waals surface area contributed by atoms with Crippen molar-refractivity contribution in [3.8, 4) is 0 Å². The number of benzene rings is 1. The molecule has 1 aromatic rings. The summed E-state index contributed by atoms with van der Waals surface area (Å²) in [5.41, 5.74) is -0.0199. The van der Waals surface area contributed by atoms with Gasteiger partial charge in [-0.3, -0.25) is 4.79 Å². The first-order chi connectivity index (χ1) is 10.9. The van der Waals surface area contributed by atoms with Crippen molar-refractivity contribution in [3.05, 3.63) is 35.4 Å². The molecule has 1 amide bonds. The van der Waals surface area contributed by atoms with Crippen LogP contribution in [0.4, 0.5) is 8.78 Å². The number of carbonyl (C=O) groups excluding carboxylic acids is 1. The molecular formula is C17H23F2NO3. The van der Waals surface area contributed by atoms with E-state index in [-0.39, 0.29) is 24.6 Å². The molecule has 23 heavy (non-hydrogen) atoms. The van der Waals surface area contributed by atoms with Crippen molar-refractivity contribution in [2.24, 2.45) is 11.8 Å². The van der Waals surface area contributed by atoms with Crippen molar-refractivity contribution < 1.29 is 23.4 Å². The molecular weight excluding hydrogens is 304 g/mol. The fourth-order valence-corrected chi connectivity index (χ4v) is 2.52. The largest absolute Gasteiger partial charge is 0.389 e. The van der Waals surface area contributed by atoms with Gasteiger partial charge in [-0.2, -0.15) is 0 Å². The van der Waals surface area contributed by atoms with Crippen LogP contribution in [0.25, 0.3) is 0 Å². The first-order valence-electron chi connectivity index (χ1n) is 7.87. The summed E-state index contributed by atoms with van der Waals surface area (Å²) in [4.78, 5) is 12.0. The third-order valence-corrected chi connectivity index (χ3v) is 3.77. The highest BCUT2D eigenvalue weighted by Crippen LogP contribution is 2.49. The molecule has 128 valence electrons. The van der Waals surface area contributed by atoms with Crippen LogP contribution in [0, 0.1) is 23.5 Å². The van der Waals surface area contributed by atoms with E-state index in [1.807, 2.05) is 13.8 Å². The topological polar surface area (TPSA) is 58.6 Å². The van der Waals surface area contributed by atoms with Crippen LogP contribution < -0.4 is 5.32 Å². The summed E-state index contributed by atoms with van der Waals surface area (Å²) in [6, 6.07) is 3.70. The minimum atomic E-state index is -0.792. The van der Waals surface area contributed by atoms with Crippen LogP contribution in [-0.4, -0.2) is 36.9 Å². The minimum Gasteiger partial charge on any atom is -0.389 e. The van der Waals surface area contributed by atoms with Gasteiger partial charge >= 0.3 is 0 Å². The van der Waals surface area contributed by atoms with Crippen LogP contribution in [0.5, 0.6) is 0 Å². The van der Waals surface area contributed by atoms with Crippen molar-refractivity contribution in [2.45, 2.75) is 32.3 Å². The van der Waals surface area contributed by atoms with Gasteiger partial charge in [-0.1, -0.05) is 19.9 Å². The predicted molar refractivity (Wildman–Crippen MR) is 81.9 cm³/mol. The van der Waals surface area contributed by atoms with Crippen molar-refractivity contribution >= 4 is 5.91 Å². The monoisotopic (exact) mass is 327 g/mol. The molecule has 2 N–H and O–H groups in total. The maximum Gasteiger partial charge on any atom is 0.223 e. The van der Waals surface area contributed by atoms with Gasteiger partial charge in [0.25, 0.3) is 0 Å². The molecule has 0 aromatic heterocycles. The Balaban J connectivity index is 1.76. The second kappa shape index (κ2) is 7.84. The molecule has 1 aliphatic rings. The molecule has 0 radical (unpaired) electrons. The van der Waals surface area contributed by atoms with Crippen molar-refractivity contribution in [1.29, 1.82) is 0 Å². The maximum atomic E-state index is 13.7. The Labute approximate surface area is 134 Å². The number of hydrogen-bond acceptors (Lipinski definition) is 3. The number of ether oxygens (including phenoxy) is 1. The number of aliphatic hydroxyl groups excluding tert-OH is 1. The van der Waals surface area contributed by atoms with Crippen LogP contribution in [0.3, 0.4) is 0 Å². The van der Waals surface area contributed by atoms with E-state index in [0.717, 1.165) is 0 Å². The van der Waals surface area contributed by atoms with Crippen molar-refractivity contribution in [2.75, 3.05) is 19.8 Å². The molecule has 0 spiro atoms. The van der Waals surface area contributed by atoms with E-state index < -0.39 is 29.6 Å². The lowest BCUT2D eigenvalue weighted by atomic mass is 10.1. The van der Waals surface area contributed by atoms with Gasteiger partial charge in [0.15, 0.2) is 0 Å². The number of halogens is 2. The molecule has 0 unspecified atom stereocenters. The highest BCUT2D eigenvalue weighted by atomic mass is 19.1. The van der Waals surface area contributed by atoms with E-state index in [1.165, 1.54) is 18.2 Å². The fourth-order valence-electron chi connectivity index (χ4n) is 2.52. The standard InChI is InChI=1S/C17H23F2NO3/c1-10(2)8-23-9-11(21)7-20-17(22)13-6-12(13)16-14(18)4-3-5-15(16)19/h3-5,10-13,21H,6-9H2,1-2H3,(H,20,22)/t11-,12-,13-/m1/s1. The van der Waals surface area contributed by atoms with Gasteiger partial charge in [-0.15, -0.1) is 0 Å². The third kappa shape index (κ3) is 4.97. The Morgan fingerprint density at radius 3 is 2.61 bits per heavy atom. The smallest absolute Gasteiger partial charge is 0.223 e. The summed E-state index contributed by atoms with van der Waals surface area (Å²) in [5, 5.41) is 12.3. The third-order valence-electron chi connectivity index (χ3n) is 3.77.